The Morgan fingerprint density at radius 2 is 1.68 bits per heavy atom. The molecule has 0 aliphatic heterocycles. The molecule has 0 saturated carbocycles. The molecule has 0 unspecified atom stereocenters. The van der Waals surface area contributed by atoms with Gasteiger partial charge >= 0.3 is 0 Å². The quantitative estimate of drug-likeness (QED) is 0.356. The summed E-state index contributed by atoms with van der Waals surface area (Å²) in [7, 11) is 3.08. The molecule has 4 aromatic rings. The minimum absolute atomic E-state index is 0.0389. The second kappa shape index (κ2) is 10.5. The molecular formula is C23H21Cl2N5O4. The number of hydrogen-bond donors (Lipinski definition) is 1. The van der Waals surface area contributed by atoms with Gasteiger partial charge in [-0.05, 0) is 29.8 Å². The van der Waals surface area contributed by atoms with Crippen LogP contribution in [-0.2, 0) is 13.3 Å². The lowest BCUT2D eigenvalue weighted by Crippen LogP contribution is -2.15. The third-order valence-electron chi connectivity index (χ3n) is 4.84. The molecule has 1 N–H and O–H groups in total. The van der Waals surface area contributed by atoms with E-state index >= 15 is 0 Å². The first-order valence-electron chi connectivity index (χ1n) is 10.1. The van der Waals surface area contributed by atoms with Gasteiger partial charge in [0, 0.05) is 17.4 Å². The average molecular weight is 502 g/mol. The van der Waals surface area contributed by atoms with Gasteiger partial charge in [-0.1, -0.05) is 47.5 Å². The third kappa shape index (κ3) is 5.27. The largest absolute Gasteiger partial charge is 0.493 e. The molecule has 0 saturated heterocycles. The number of ether oxygens (including phenoxy) is 3. The van der Waals surface area contributed by atoms with Crippen LogP contribution in [0.25, 0.3) is 0 Å². The van der Waals surface area contributed by atoms with Gasteiger partial charge in [0.1, 0.15) is 5.02 Å². The van der Waals surface area contributed by atoms with Crippen LogP contribution in [0.1, 0.15) is 16.1 Å². The van der Waals surface area contributed by atoms with Gasteiger partial charge in [-0.25, -0.2) is 4.68 Å². The number of amides is 1. The Hall–Kier alpha value is -3.69. The summed E-state index contributed by atoms with van der Waals surface area (Å²) in [6.07, 6.45) is 3.24. The number of benzene rings is 2. The fourth-order valence-corrected chi connectivity index (χ4v) is 3.57. The highest BCUT2D eigenvalue weighted by molar-refractivity contribution is 6.33. The number of aromatic nitrogens is 4. The van der Waals surface area contributed by atoms with Crippen molar-refractivity contribution in [1.82, 2.24) is 19.6 Å². The first-order chi connectivity index (χ1) is 16.5. The molecule has 2 heterocycles. The van der Waals surface area contributed by atoms with Gasteiger partial charge in [0.25, 0.3) is 5.91 Å². The van der Waals surface area contributed by atoms with Crippen molar-refractivity contribution < 1.29 is 19.0 Å². The molecule has 0 spiro atoms. The number of halogens is 2. The van der Waals surface area contributed by atoms with Crippen molar-refractivity contribution >= 4 is 34.9 Å². The van der Waals surface area contributed by atoms with Gasteiger partial charge in [0.05, 0.1) is 20.8 Å². The molecular weight excluding hydrogens is 481 g/mol. The van der Waals surface area contributed by atoms with E-state index in [-0.39, 0.29) is 18.2 Å². The van der Waals surface area contributed by atoms with Crippen LogP contribution in [0.4, 0.5) is 5.82 Å². The molecule has 176 valence electrons. The van der Waals surface area contributed by atoms with E-state index in [9.17, 15) is 4.79 Å². The molecule has 0 radical (unpaired) electrons. The Labute approximate surface area is 205 Å². The number of nitrogens with one attached hydrogen (secondary N) is 1. The van der Waals surface area contributed by atoms with Crippen molar-refractivity contribution in [2.45, 2.75) is 13.3 Å². The van der Waals surface area contributed by atoms with E-state index in [0.29, 0.717) is 33.8 Å². The van der Waals surface area contributed by atoms with Crippen molar-refractivity contribution in [3.8, 4) is 17.2 Å². The standard InChI is InChI=1S/C23H21Cl2N5O4/c1-32-19-8-5-9-20(33-2)21(19)34-14-29-11-10-18(27-29)23(31)26-22-17(25)13-30(28-22)12-15-6-3-4-7-16(15)24/h3-11,13H,12,14H2,1-2H3,(H,26,28,31). The monoisotopic (exact) mass is 501 g/mol. The molecule has 1 amide bonds. The lowest BCUT2D eigenvalue weighted by atomic mass is 10.2. The number of anilines is 1. The maximum Gasteiger partial charge on any atom is 0.277 e. The lowest BCUT2D eigenvalue weighted by Gasteiger charge is -2.13. The summed E-state index contributed by atoms with van der Waals surface area (Å²) in [4.78, 5) is 12.7. The van der Waals surface area contributed by atoms with E-state index in [1.165, 1.54) is 4.68 Å². The number of carbonyl (C=O) groups is 1. The van der Waals surface area contributed by atoms with Gasteiger partial charge in [0.15, 0.2) is 29.7 Å². The first-order valence-corrected chi connectivity index (χ1v) is 10.9. The summed E-state index contributed by atoms with van der Waals surface area (Å²) in [5.41, 5.74) is 1.05. The van der Waals surface area contributed by atoms with Crippen molar-refractivity contribution in [2.24, 2.45) is 0 Å². The summed E-state index contributed by atoms with van der Waals surface area (Å²) in [5.74, 6) is 1.24. The first kappa shape index (κ1) is 23.5. The van der Waals surface area contributed by atoms with E-state index in [1.807, 2.05) is 18.2 Å². The highest BCUT2D eigenvalue weighted by Gasteiger charge is 2.16. The fourth-order valence-electron chi connectivity index (χ4n) is 3.18. The summed E-state index contributed by atoms with van der Waals surface area (Å²) in [6, 6.07) is 14.3. The molecule has 0 atom stereocenters. The van der Waals surface area contributed by atoms with E-state index in [4.69, 9.17) is 37.4 Å². The summed E-state index contributed by atoms with van der Waals surface area (Å²) < 4.78 is 19.5. The van der Waals surface area contributed by atoms with E-state index < -0.39 is 5.91 Å². The maximum absolute atomic E-state index is 12.7. The Morgan fingerprint density at radius 1 is 0.941 bits per heavy atom. The second-order valence-corrected chi connectivity index (χ2v) is 7.89. The van der Waals surface area contributed by atoms with Gasteiger partial charge in [0.2, 0.25) is 5.75 Å². The van der Waals surface area contributed by atoms with Crippen molar-refractivity contribution in [2.75, 3.05) is 19.5 Å². The van der Waals surface area contributed by atoms with Crippen LogP contribution < -0.4 is 19.5 Å². The Morgan fingerprint density at radius 3 is 2.38 bits per heavy atom. The van der Waals surface area contributed by atoms with E-state index in [0.717, 1.165) is 5.56 Å². The van der Waals surface area contributed by atoms with Crippen LogP contribution in [-0.4, -0.2) is 39.7 Å². The normalized spacial score (nSPS) is 10.7. The van der Waals surface area contributed by atoms with E-state index in [1.54, 1.807) is 61.6 Å². The number of rotatable bonds is 9. The molecule has 34 heavy (non-hydrogen) atoms. The number of para-hydroxylation sites is 1. The Bertz CT molecular complexity index is 1280. The molecule has 0 bridgehead atoms. The zero-order valence-corrected chi connectivity index (χ0v) is 19.9. The number of carbonyl (C=O) groups excluding carboxylic acids is 1. The van der Waals surface area contributed by atoms with Gasteiger partial charge in [-0.2, -0.15) is 10.2 Å². The second-order valence-electron chi connectivity index (χ2n) is 7.07. The van der Waals surface area contributed by atoms with Gasteiger partial charge in [-0.3, -0.25) is 9.48 Å². The predicted molar refractivity (Wildman–Crippen MR) is 128 cm³/mol. The highest BCUT2D eigenvalue weighted by atomic mass is 35.5. The molecule has 9 nitrogen and oxygen atoms in total. The van der Waals surface area contributed by atoms with Crippen LogP contribution in [0.15, 0.2) is 60.9 Å². The summed E-state index contributed by atoms with van der Waals surface area (Å²) in [5, 5.41) is 12.2. The van der Waals surface area contributed by atoms with Gasteiger partial charge < -0.3 is 19.5 Å². The summed E-state index contributed by atoms with van der Waals surface area (Å²) >= 11 is 12.5. The van der Waals surface area contributed by atoms with Crippen LogP contribution in [0, 0.1) is 0 Å². The fraction of sp³-hybridized carbons (Fsp3) is 0.174. The number of hydrogen-bond acceptors (Lipinski definition) is 6. The lowest BCUT2D eigenvalue weighted by molar-refractivity contribution is 0.101. The average Bonchev–Trinajstić information content (AvgIpc) is 3.45. The zero-order chi connectivity index (χ0) is 24.1. The van der Waals surface area contributed by atoms with Crippen LogP contribution >= 0.6 is 23.2 Å². The molecule has 2 aromatic heterocycles. The maximum atomic E-state index is 12.7. The van der Waals surface area contributed by atoms with Crippen LogP contribution in [0.5, 0.6) is 17.2 Å². The number of methoxy groups -OCH3 is 2. The molecule has 0 aliphatic carbocycles. The highest BCUT2D eigenvalue weighted by Crippen LogP contribution is 2.36. The third-order valence-corrected chi connectivity index (χ3v) is 5.48. The molecule has 0 aliphatic rings. The molecule has 4 rings (SSSR count). The Balaban J connectivity index is 1.41. The predicted octanol–water partition coefficient (Wildman–Crippen LogP) is 4.74. The topological polar surface area (TPSA) is 92.4 Å². The van der Waals surface area contributed by atoms with Crippen molar-refractivity contribution in [1.29, 1.82) is 0 Å². The summed E-state index contributed by atoms with van der Waals surface area (Å²) in [6.45, 7) is 0.449. The number of nitrogens with zero attached hydrogens (tertiary/aromatic N) is 4. The zero-order valence-electron chi connectivity index (χ0n) is 18.4. The molecule has 0 fully saturated rings. The smallest absolute Gasteiger partial charge is 0.277 e. The molecule has 2 aromatic carbocycles. The van der Waals surface area contributed by atoms with Crippen molar-refractivity contribution in [3.05, 3.63) is 82.2 Å². The van der Waals surface area contributed by atoms with Gasteiger partial charge in [-0.15, -0.1) is 0 Å². The SMILES string of the molecule is COc1cccc(OC)c1OCn1ccc(C(=O)Nc2nn(Cc3ccccc3Cl)cc2Cl)n1. The minimum atomic E-state index is -0.460. The van der Waals surface area contributed by atoms with Crippen molar-refractivity contribution in [3.63, 3.8) is 0 Å². The molecule has 11 heteroatoms. The van der Waals surface area contributed by atoms with Crippen LogP contribution in [0.2, 0.25) is 10.0 Å². The Kier molecular flexibility index (Phi) is 7.24. The minimum Gasteiger partial charge on any atom is -0.493 e. The van der Waals surface area contributed by atoms with Crippen LogP contribution in [0.3, 0.4) is 0 Å². The van der Waals surface area contributed by atoms with E-state index in [2.05, 4.69) is 15.5 Å².